The van der Waals surface area contributed by atoms with E-state index < -0.39 is 32.9 Å². The van der Waals surface area contributed by atoms with E-state index >= 15 is 0 Å². The number of carbonyl (C=O) groups is 2. The number of rotatable bonds is 15. The van der Waals surface area contributed by atoms with E-state index in [9.17, 15) is 18.0 Å². The summed E-state index contributed by atoms with van der Waals surface area (Å²) in [5.41, 5.74) is 2.42. The second-order valence-corrected chi connectivity index (χ2v) is 11.6. The van der Waals surface area contributed by atoms with Crippen molar-refractivity contribution in [3.05, 3.63) is 101 Å². The van der Waals surface area contributed by atoms with Gasteiger partial charge >= 0.3 is 5.97 Å². The van der Waals surface area contributed by atoms with Gasteiger partial charge in [-0.25, -0.2) is 22.9 Å². The van der Waals surface area contributed by atoms with Crippen LogP contribution in [0.4, 0.5) is 5.69 Å². The van der Waals surface area contributed by atoms with E-state index in [1.807, 2.05) is 0 Å². The topological polar surface area (TPSA) is 199 Å². The van der Waals surface area contributed by atoms with Crippen LogP contribution in [0.3, 0.4) is 0 Å². The highest BCUT2D eigenvalue weighted by atomic mass is 32.2. The molecule has 3 aromatic carbocycles. The summed E-state index contributed by atoms with van der Waals surface area (Å²) in [6.07, 6.45) is 0.0563. The molecule has 0 spiro atoms. The van der Waals surface area contributed by atoms with Gasteiger partial charge in [-0.2, -0.15) is 0 Å². The molecule has 0 aromatic heterocycles. The molecular formula is C28H34N4O11S. The van der Waals surface area contributed by atoms with E-state index in [0.29, 0.717) is 27.9 Å². The molecule has 1 unspecified atom stereocenters. The SMILES string of the molecule is CC(C)N(CC(OC(=O)c1ccc(CON(O)O)cc1)c1ccc(NS(C)(=O)=O)cc1)C(=O)c1ccc(CON(O)O)cc1. The number of benzene rings is 3. The fourth-order valence-corrected chi connectivity index (χ4v) is 4.57. The van der Waals surface area contributed by atoms with Crippen molar-refractivity contribution in [3.8, 4) is 0 Å². The fourth-order valence-electron chi connectivity index (χ4n) is 4.01. The van der Waals surface area contributed by atoms with Gasteiger partial charge in [0.2, 0.25) is 10.0 Å². The molecule has 0 heterocycles. The molecule has 238 valence electrons. The van der Waals surface area contributed by atoms with Gasteiger partial charge in [-0.1, -0.05) is 36.4 Å². The first-order valence-electron chi connectivity index (χ1n) is 13.1. The Morgan fingerprint density at radius 3 is 1.68 bits per heavy atom. The second kappa shape index (κ2) is 15.7. The van der Waals surface area contributed by atoms with Crippen LogP contribution in [0, 0.1) is 0 Å². The molecule has 5 N–H and O–H groups in total. The fraction of sp³-hybridized carbons (Fsp3) is 0.286. The molecule has 16 heteroatoms. The Balaban J connectivity index is 1.86. The third kappa shape index (κ3) is 10.9. The van der Waals surface area contributed by atoms with Crippen LogP contribution in [-0.4, -0.2) is 75.6 Å². The lowest BCUT2D eigenvalue weighted by Gasteiger charge is -2.31. The van der Waals surface area contributed by atoms with Gasteiger partial charge in [-0.15, -0.1) is 0 Å². The Bertz CT molecular complexity index is 1480. The van der Waals surface area contributed by atoms with Gasteiger partial charge in [0, 0.05) is 17.3 Å². The van der Waals surface area contributed by atoms with E-state index in [2.05, 4.69) is 14.4 Å². The normalized spacial score (nSPS) is 12.4. The lowest BCUT2D eigenvalue weighted by atomic mass is 10.1. The van der Waals surface area contributed by atoms with Gasteiger partial charge in [0.05, 0.1) is 42.4 Å². The maximum Gasteiger partial charge on any atom is 0.338 e. The average molecular weight is 635 g/mol. The van der Waals surface area contributed by atoms with Gasteiger partial charge in [0.15, 0.2) is 0 Å². The number of ether oxygens (including phenoxy) is 1. The lowest BCUT2D eigenvalue weighted by molar-refractivity contribution is -0.497. The third-order valence-electron chi connectivity index (χ3n) is 6.17. The van der Waals surface area contributed by atoms with E-state index in [0.717, 1.165) is 6.26 Å². The van der Waals surface area contributed by atoms with Gasteiger partial charge in [-0.05, 0) is 66.9 Å². The molecule has 0 saturated heterocycles. The first kappa shape index (κ1) is 34.5. The van der Waals surface area contributed by atoms with Crippen molar-refractivity contribution in [3.63, 3.8) is 0 Å². The van der Waals surface area contributed by atoms with Crippen LogP contribution in [-0.2, 0) is 37.6 Å². The first-order valence-corrected chi connectivity index (χ1v) is 15.0. The van der Waals surface area contributed by atoms with Crippen LogP contribution >= 0.6 is 0 Å². The van der Waals surface area contributed by atoms with E-state index in [1.54, 1.807) is 50.2 Å². The predicted octanol–water partition coefficient (Wildman–Crippen LogP) is 3.53. The van der Waals surface area contributed by atoms with E-state index in [-0.39, 0.29) is 37.3 Å². The van der Waals surface area contributed by atoms with E-state index in [4.69, 9.17) is 25.6 Å². The monoisotopic (exact) mass is 634 g/mol. The molecule has 0 aliphatic rings. The molecular weight excluding hydrogens is 600 g/mol. The third-order valence-corrected chi connectivity index (χ3v) is 6.77. The van der Waals surface area contributed by atoms with Crippen molar-refractivity contribution in [2.45, 2.75) is 39.2 Å². The van der Waals surface area contributed by atoms with Gasteiger partial charge in [0.25, 0.3) is 5.91 Å². The standard InChI is InChI=1S/C28H34N4O11S/c1-19(2)30(27(33)23-8-4-20(5-9-23)17-41-31(35)36)16-26(22-12-14-25(15-13-22)29-44(3,39)40)43-28(34)24-10-6-21(7-11-24)18-42-32(37)38/h4-15,19,26,29,35-38H,16-18H2,1-3H3. The van der Waals surface area contributed by atoms with E-state index in [1.165, 1.54) is 41.3 Å². The number of anilines is 1. The van der Waals surface area contributed by atoms with Crippen molar-refractivity contribution in [2.75, 3.05) is 17.5 Å². The van der Waals surface area contributed by atoms with Crippen LogP contribution in [0.1, 0.15) is 57.4 Å². The summed E-state index contributed by atoms with van der Waals surface area (Å²) in [6.45, 7) is 3.24. The number of nitrogens with zero attached hydrogens (tertiary/aromatic N) is 3. The van der Waals surface area contributed by atoms with Crippen molar-refractivity contribution in [1.29, 1.82) is 0 Å². The molecule has 0 radical (unpaired) electrons. The van der Waals surface area contributed by atoms with Crippen molar-refractivity contribution >= 4 is 27.6 Å². The van der Waals surface area contributed by atoms with Crippen LogP contribution in [0.5, 0.6) is 0 Å². The van der Waals surface area contributed by atoms with Crippen LogP contribution < -0.4 is 4.72 Å². The molecule has 15 nitrogen and oxygen atoms in total. The molecule has 0 aliphatic heterocycles. The molecule has 44 heavy (non-hydrogen) atoms. The zero-order valence-corrected chi connectivity index (χ0v) is 24.9. The highest BCUT2D eigenvalue weighted by Crippen LogP contribution is 2.25. The summed E-state index contributed by atoms with van der Waals surface area (Å²) in [7, 11) is -3.52. The van der Waals surface area contributed by atoms with Gasteiger partial charge < -0.3 is 9.64 Å². The maximum absolute atomic E-state index is 13.6. The Labute approximate surface area is 253 Å². The number of hydrogen-bond donors (Lipinski definition) is 5. The minimum absolute atomic E-state index is 0.0509. The number of esters is 1. The Morgan fingerprint density at radius 2 is 1.25 bits per heavy atom. The average Bonchev–Trinajstić information content (AvgIpc) is 2.96. The Morgan fingerprint density at radius 1 is 0.773 bits per heavy atom. The number of sulfonamides is 1. The highest BCUT2D eigenvalue weighted by molar-refractivity contribution is 7.92. The molecule has 1 atom stereocenters. The second-order valence-electron chi connectivity index (χ2n) is 9.89. The summed E-state index contributed by atoms with van der Waals surface area (Å²) in [5, 5.41) is 34.1. The smallest absolute Gasteiger partial charge is 0.338 e. The van der Waals surface area contributed by atoms with Crippen LogP contribution in [0.2, 0.25) is 0 Å². The molecule has 0 saturated carbocycles. The maximum atomic E-state index is 13.6. The zero-order valence-electron chi connectivity index (χ0n) is 24.1. The molecule has 3 rings (SSSR count). The summed E-state index contributed by atoms with van der Waals surface area (Å²) in [6, 6.07) is 18.2. The summed E-state index contributed by atoms with van der Waals surface area (Å²) in [5.74, 6) is -1.06. The number of carbonyl (C=O) groups excluding carboxylic acids is 2. The Hall–Kier alpha value is -3.97. The molecule has 0 bridgehead atoms. The lowest BCUT2D eigenvalue weighted by Crippen LogP contribution is -2.40. The van der Waals surface area contributed by atoms with Crippen LogP contribution in [0.15, 0.2) is 72.8 Å². The molecule has 0 aliphatic carbocycles. The first-order chi connectivity index (χ1) is 20.7. The Kier molecular flexibility index (Phi) is 12.3. The predicted molar refractivity (Wildman–Crippen MR) is 153 cm³/mol. The molecule has 0 fully saturated rings. The quantitative estimate of drug-likeness (QED) is 0.120. The van der Waals surface area contributed by atoms with Crippen molar-refractivity contribution in [1.82, 2.24) is 15.7 Å². The minimum atomic E-state index is -3.52. The molecule has 3 aromatic rings. The molecule has 1 amide bonds. The summed E-state index contributed by atoms with van der Waals surface area (Å²) >= 11 is 0. The number of nitrogens with one attached hydrogen (secondary N) is 1. The van der Waals surface area contributed by atoms with Gasteiger partial charge in [0.1, 0.15) is 6.10 Å². The largest absolute Gasteiger partial charge is 0.452 e. The van der Waals surface area contributed by atoms with Crippen molar-refractivity contribution in [2.24, 2.45) is 0 Å². The van der Waals surface area contributed by atoms with Crippen LogP contribution in [0.25, 0.3) is 0 Å². The highest BCUT2D eigenvalue weighted by Gasteiger charge is 2.27. The summed E-state index contributed by atoms with van der Waals surface area (Å²) in [4.78, 5) is 37.5. The van der Waals surface area contributed by atoms with Gasteiger partial charge in [-0.3, -0.25) is 30.3 Å². The summed E-state index contributed by atoms with van der Waals surface area (Å²) < 4.78 is 31.5. The number of hydrogen-bond acceptors (Lipinski definition) is 13. The zero-order chi connectivity index (χ0) is 32.4. The minimum Gasteiger partial charge on any atom is -0.452 e. The van der Waals surface area contributed by atoms with Crippen molar-refractivity contribution < 1.29 is 53.2 Å². The number of amides is 1.